The molecule has 1 amide bonds. The smallest absolute Gasteiger partial charge is 0.234 e. The Morgan fingerprint density at radius 3 is 2.83 bits per heavy atom. The maximum atomic E-state index is 12.9. The Morgan fingerprint density at radius 2 is 2.17 bits per heavy atom. The number of hydrogen-bond donors (Lipinski definition) is 0. The molecule has 1 spiro atoms. The van der Waals surface area contributed by atoms with Crippen molar-refractivity contribution in [1.82, 2.24) is 0 Å². The Morgan fingerprint density at radius 1 is 1.38 bits per heavy atom. The van der Waals surface area contributed by atoms with Gasteiger partial charge in [-0.2, -0.15) is 0 Å². The lowest BCUT2D eigenvalue weighted by Crippen LogP contribution is -2.45. The number of anilines is 1. The summed E-state index contributed by atoms with van der Waals surface area (Å²) >= 11 is 0. The normalized spacial score (nSPS) is 33.0. The number of ether oxygens (including phenoxy) is 3. The molecule has 0 aromatic heterocycles. The van der Waals surface area contributed by atoms with E-state index in [2.05, 4.69) is 0 Å². The molecule has 0 N–H and O–H groups in total. The fourth-order valence-electron chi connectivity index (χ4n) is 3.98. The van der Waals surface area contributed by atoms with E-state index in [0.29, 0.717) is 17.2 Å². The molecule has 3 heterocycles. The van der Waals surface area contributed by atoms with Gasteiger partial charge in [0.2, 0.25) is 5.91 Å². The lowest BCUT2D eigenvalue weighted by Gasteiger charge is -2.24. The standard InChI is InChI=1S/C17H17NO6/c1-22-9-3-4-10(12(7-9)23-2)18-8-17-6-5-11(24-17)13(16(20)21)14(17)15(18)19/h3-7,11,13-14H,8H2,1-2H3,(H,20,21)/p-1/t11-,13-,14+,17-/m0/s1. The number of carboxylic acid groups (broad SMARTS) is 1. The van der Waals surface area contributed by atoms with Crippen molar-refractivity contribution in [2.75, 3.05) is 25.7 Å². The highest BCUT2D eigenvalue weighted by molar-refractivity contribution is 6.03. The van der Waals surface area contributed by atoms with Crippen LogP contribution in [0.25, 0.3) is 0 Å². The van der Waals surface area contributed by atoms with E-state index in [-0.39, 0.29) is 12.5 Å². The van der Waals surface area contributed by atoms with E-state index in [1.165, 1.54) is 12.0 Å². The molecule has 0 saturated carbocycles. The number of hydrogen-bond acceptors (Lipinski definition) is 6. The van der Waals surface area contributed by atoms with Gasteiger partial charge < -0.3 is 29.0 Å². The van der Waals surface area contributed by atoms with Gasteiger partial charge in [-0.3, -0.25) is 4.79 Å². The first-order chi connectivity index (χ1) is 11.5. The summed E-state index contributed by atoms with van der Waals surface area (Å²) in [5, 5.41) is 11.5. The molecule has 3 aliphatic rings. The molecule has 126 valence electrons. The number of carbonyl (C=O) groups is 2. The quantitative estimate of drug-likeness (QED) is 0.707. The number of carbonyl (C=O) groups excluding carboxylic acids is 2. The summed E-state index contributed by atoms with van der Waals surface area (Å²) in [6, 6.07) is 5.12. The van der Waals surface area contributed by atoms with Crippen molar-refractivity contribution in [1.29, 1.82) is 0 Å². The van der Waals surface area contributed by atoms with Gasteiger partial charge in [0.25, 0.3) is 0 Å². The fourth-order valence-corrected chi connectivity index (χ4v) is 3.98. The Kier molecular flexibility index (Phi) is 3.11. The zero-order chi connectivity index (χ0) is 17.1. The van der Waals surface area contributed by atoms with Crippen molar-refractivity contribution in [3.8, 4) is 11.5 Å². The average Bonchev–Trinajstić information content (AvgIpc) is 3.22. The van der Waals surface area contributed by atoms with Crippen molar-refractivity contribution >= 4 is 17.6 Å². The molecule has 24 heavy (non-hydrogen) atoms. The Labute approximate surface area is 138 Å². The molecule has 7 heteroatoms. The van der Waals surface area contributed by atoms with Gasteiger partial charge in [0, 0.05) is 18.0 Å². The summed E-state index contributed by atoms with van der Waals surface area (Å²) in [6.07, 6.45) is 2.91. The molecular formula is C17H16NO6-. The average molecular weight is 330 g/mol. The van der Waals surface area contributed by atoms with Crippen LogP contribution < -0.4 is 19.5 Å². The molecule has 2 bridgehead atoms. The van der Waals surface area contributed by atoms with E-state index in [1.54, 1.807) is 37.5 Å². The third-order valence-electron chi connectivity index (χ3n) is 5.05. The van der Waals surface area contributed by atoms with Crippen LogP contribution >= 0.6 is 0 Å². The van der Waals surface area contributed by atoms with Crippen LogP contribution in [0, 0.1) is 11.8 Å². The fraction of sp³-hybridized carbons (Fsp3) is 0.412. The van der Waals surface area contributed by atoms with Crippen LogP contribution in [0.1, 0.15) is 0 Å². The lowest BCUT2D eigenvalue weighted by atomic mass is 9.77. The number of amides is 1. The van der Waals surface area contributed by atoms with Gasteiger partial charge in [-0.15, -0.1) is 0 Å². The van der Waals surface area contributed by atoms with E-state index < -0.39 is 29.5 Å². The minimum absolute atomic E-state index is 0.246. The Bertz CT molecular complexity index is 759. The van der Waals surface area contributed by atoms with Crippen LogP contribution in [-0.2, 0) is 14.3 Å². The molecule has 4 rings (SSSR count). The van der Waals surface area contributed by atoms with Crippen LogP contribution in [0.5, 0.6) is 11.5 Å². The largest absolute Gasteiger partial charge is 0.550 e. The zero-order valence-electron chi connectivity index (χ0n) is 13.2. The molecule has 4 atom stereocenters. The van der Waals surface area contributed by atoms with Crippen molar-refractivity contribution in [3.63, 3.8) is 0 Å². The number of nitrogens with zero attached hydrogens (tertiary/aromatic N) is 1. The molecule has 1 aromatic rings. The van der Waals surface area contributed by atoms with Crippen LogP contribution in [0.2, 0.25) is 0 Å². The predicted molar refractivity (Wildman–Crippen MR) is 80.6 cm³/mol. The molecule has 2 fully saturated rings. The summed E-state index contributed by atoms with van der Waals surface area (Å²) in [6.45, 7) is 0.246. The van der Waals surface area contributed by atoms with E-state index >= 15 is 0 Å². The van der Waals surface area contributed by atoms with Gasteiger partial charge in [0.1, 0.15) is 17.1 Å². The maximum absolute atomic E-state index is 12.9. The molecule has 3 aliphatic heterocycles. The number of carboxylic acids is 1. The first-order valence-corrected chi connectivity index (χ1v) is 7.62. The van der Waals surface area contributed by atoms with Gasteiger partial charge in [0.05, 0.1) is 38.5 Å². The SMILES string of the molecule is COc1ccc(N2C[C@]34C=C[C@H](O3)[C@H](C(=O)[O-])[C@@H]4C2=O)c(OC)c1. The minimum atomic E-state index is -1.26. The van der Waals surface area contributed by atoms with Crippen LogP contribution in [0.4, 0.5) is 5.69 Å². The summed E-state index contributed by atoms with van der Waals surface area (Å²) in [5.74, 6) is -2.21. The number of benzene rings is 1. The zero-order valence-corrected chi connectivity index (χ0v) is 13.2. The maximum Gasteiger partial charge on any atom is 0.234 e. The molecule has 1 aromatic carbocycles. The summed E-state index contributed by atoms with van der Waals surface area (Å²) in [7, 11) is 3.05. The minimum Gasteiger partial charge on any atom is -0.550 e. The second kappa shape index (κ2) is 4.98. The second-order valence-corrected chi connectivity index (χ2v) is 6.18. The van der Waals surface area contributed by atoms with E-state index in [1.807, 2.05) is 0 Å². The Hall–Kier alpha value is -2.54. The summed E-state index contributed by atoms with van der Waals surface area (Å²) in [5.41, 5.74) is -0.345. The van der Waals surface area contributed by atoms with Gasteiger partial charge in [0.15, 0.2) is 0 Å². The van der Waals surface area contributed by atoms with Gasteiger partial charge in [-0.25, -0.2) is 0 Å². The number of fused-ring (bicyclic) bond motifs is 1. The van der Waals surface area contributed by atoms with Crippen molar-refractivity contribution in [3.05, 3.63) is 30.4 Å². The number of methoxy groups -OCH3 is 2. The molecule has 7 nitrogen and oxygen atoms in total. The highest BCUT2D eigenvalue weighted by Crippen LogP contribution is 2.53. The van der Waals surface area contributed by atoms with Crippen molar-refractivity contribution < 1.29 is 28.9 Å². The van der Waals surface area contributed by atoms with Crippen molar-refractivity contribution in [2.45, 2.75) is 11.7 Å². The predicted octanol–water partition coefficient (Wildman–Crippen LogP) is -0.260. The first kappa shape index (κ1) is 15.0. The molecule has 0 radical (unpaired) electrons. The van der Waals surface area contributed by atoms with Gasteiger partial charge >= 0.3 is 0 Å². The van der Waals surface area contributed by atoms with E-state index in [9.17, 15) is 14.7 Å². The summed E-state index contributed by atoms with van der Waals surface area (Å²) in [4.78, 5) is 26.0. The number of rotatable bonds is 4. The van der Waals surface area contributed by atoms with Crippen LogP contribution in [0.15, 0.2) is 30.4 Å². The summed E-state index contributed by atoms with van der Waals surface area (Å²) < 4.78 is 16.4. The van der Waals surface area contributed by atoms with Crippen LogP contribution in [-0.4, -0.2) is 44.3 Å². The highest BCUT2D eigenvalue weighted by Gasteiger charge is 2.65. The molecular weight excluding hydrogens is 314 g/mol. The Balaban J connectivity index is 1.74. The van der Waals surface area contributed by atoms with E-state index in [0.717, 1.165) is 0 Å². The van der Waals surface area contributed by atoms with Crippen LogP contribution in [0.3, 0.4) is 0 Å². The topological polar surface area (TPSA) is 88.1 Å². The molecule has 2 saturated heterocycles. The monoisotopic (exact) mass is 330 g/mol. The first-order valence-electron chi connectivity index (χ1n) is 7.62. The van der Waals surface area contributed by atoms with Gasteiger partial charge in [-0.05, 0) is 12.1 Å². The van der Waals surface area contributed by atoms with Crippen molar-refractivity contribution in [2.24, 2.45) is 11.8 Å². The lowest BCUT2D eigenvalue weighted by molar-refractivity contribution is -0.313. The van der Waals surface area contributed by atoms with E-state index in [4.69, 9.17) is 14.2 Å². The third kappa shape index (κ3) is 1.81. The molecule has 0 unspecified atom stereocenters. The number of aliphatic carboxylic acids is 1. The van der Waals surface area contributed by atoms with Gasteiger partial charge in [-0.1, -0.05) is 12.2 Å². The second-order valence-electron chi connectivity index (χ2n) is 6.18. The molecule has 0 aliphatic carbocycles. The third-order valence-corrected chi connectivity index (χ3v) is 5.05. The highest BCUT2D eigenvalue weighted by atomic mass is 16.5.